The standard InChI is InChI=1S/C3H8NO/c4-2-1-3-5/h2,5H,1,3-4H2. The van der Waals surface area contributed by atoms with E-state index in [1.165, 1.54) is 6.54 Å². The van der Waals surface area contributed by atoms with Gasteiger partial charge in [0, 0.05) is 13.2 Å². The Morgan fingerprint density at radius 3 is 2.40 bits per heavy atom. The van der Waals surface area contributed by atoms with E-state index in [2.05, 4.69) is 0 Å². The smallest absolute Gasteiger partial charge is 0.0446 e. The number of aliphatic hydroxyl groups is 1. The minimum absolute atomic E-state index is 0.163. The Balaban J connectivity index is 2.19. The van der Waals surface area contributed by atoms with E-state index < -0.39 is 0 Å². The van der Waals surface area contributed by atoms with Crippen LogP contribution in [-0.2, 0) is 0 Å². The first-order chi connectivity index (χ1) is 2.41. The zero-order valence-corrected chi connectivity index (χ0v) is 3.02. The first kappa shape index (κ1) is 4.92. The Morgan fingerprint density at radius 1 is 1.80 bits per heavy atom. The molecule has 31 valence electrons. The fourth-order valence-corrected chi connectivity index (χ4v) is 0.0745. The van der Waals surface area contributed by atoms with Crippen LogP contribution in [0.5, 0.6) is 0 Å². The maximum atomic E-state index is 7.96. The van der Waals surface area contributed by atoms with Crippen LogP contribution in [0.25, 0.3) is 0 Å². The lowest BCUT2D eigenvalue weighted by Gasteiger charge is -1.79. The SMILES string of the molecule is N[CH]CCO. The minimum Gasteiger partial charge on any atom is -0.396 e. The normalized spacial score (nSPS) is 8.40. The van der Waals surface area contributed by atoms with Gasteiger partial charge in [-0.2, -0.15) is 0 Å². The zero-order valence-electron chi connectivity index (χ0n) is 3.02. The van der Waals surface area contributed by atoms with E-state index in [1.807, 2.05) is 0 Å². The van der Waals surface area contributed by atoms with Gasteiger partial charge in [0.1, 0.15) is 0 Å². The fourth-order valence-electron chi connectivity index (χ4n) is 0.0745. The van der Waals surface area contributed by atoms with Crippen LogP contribution in [0.2, 0.25) is 0 Å². The molecule has 0 rings (SSSR count). The van der Waals surface area contributed by atoms with Crippen molar-refractivity contribution in [2.45, 2.75) is 6.42 Å². The van der Waals surface area contributed by atoms with Crippen molar-refractivity contribution in [3.8, 4) is 0 Å². The van der Waals surface area contributed by atoms with Gasteiger partial charge in [-0.1, -0.05) is 0 Å². The van der Waals surface area contributed by atoms with Gasteiger partial charge in [-0.3, -0.25) is 0 Å². The van der Waals surface area contributed by atoms with E-state index in [0.29, 0.717) is 6.42 Å². The molecule has 0 bridgehead atoms. The molecule has 2 nitrogen and oxygen atoms in total. The molecule has 0 aliphatic heterocycles. The zero-order chi connectivity index (χ0) is 4.12. The number of nitrogens with two attached hydrogens (primary N) is 1. The van der Waals surface area contributed by atoms with Crippen molar-refractivity contribution in [3.63, 3.8) is 0 Å². The van der Waals surface area contributed by atoms with E-state index in [1.54, 1.807) is 0 Å². The average Bonchev–Trinajstić information content (AvgIpc) is 1.41. The topological polar surface area (TPSA) is 46.2 Å². The summed E-state index contributed by atoms with van der Waals surface area (Å²) in [7, 11) is 0. The quantitative estimate of drug-likeness (QED) is 0.463. The van der Waals surface area contributed by atoms with Gasteiger partial charge in [0.2, 0.25) is 0 Å². The third-order valence-electron chi connectivity index (χ3n) is 0.296. The van der Waals surface area contributed by atoms with Crippen LogP contribution in [0.4, 0.5) is 0 Å². The third-order valence-corrected chi connectivity index (χ3v) is 0.296. The molecule has 5 heavy (non-hydrogen) atoms. The molecule has 2 heteroatoms. The molecule has 0 saturated heterocycles. The summed E-state index contributed by atoms with van der Waals surface area (Å²) in [5.41, 5.74) is 4.85. The van der Waals surface area contributed by atoms with Crippen LogP contribution in [0.3, 0.4) is 0 Å². The highest BCUT2D eigenvalue weighted by Crippen LogP contribution is 1.68. The predicted octanol–water partition coefficient (Wildman–Crippen LogP) is -0.511. The first-order valence-corrected chi connectivity index (χ1v) is 1.56. The lowest BCUT2D eigenvalue weighted by Crippen LogP contribution is -1.91. The Kier molecular flexibility index (Phi) is 3.86. The molecule has 0 atom stereocenters. The fraction of sp³-hybridized carbons (Fsp3) is 0.667. The maximum Gasteiger partial charge on any atom is 0.0446 e. The third kappa shape index (κ3) is 3.92. The molecule has 0 aliphatic rings. The molecular formula is C3H8NO. The van der Waals surface area contributed by atoms with Crippen LogP contribution < -0.4 is 5.73 Å². The molecule has 0 aliphatic carbocycles. The van der Waals surface area contributed by atoms with Gasteiger partial charge < -0.3 is 10.8 Å². The van der Waals surface area contributed by atoms with Crippen LogP contribution >= 0.6 is 0 Å². The van der Waals surface area contributed by atoms with Crippen molar-refractivity contribution in [2.24, 2.45) is 5.73 Å². The van der Waals surface area contributed by atoms with Crippen molar-refractivity contribution in [1.82, 2.24) is 0 Å². The molecule has 0 spiro atoms. The molecule has 0 heterocycles. The monoisotopic (exact) mass is 74.1 g/mol. The average molecular weight is 74.1 g/mol. The van der Waals surface area contributed by atoms with Crippen LogP contribution in [0.15, 0.2) is 0 Å². The van der Waals surface area contributed by atoms with E-state index in [9.17, 15) is 0 Å². The minimum atomic E-state index is 0.163. The van der Waals surface area contributed by atoms with Gasteiger partial charge in [-0.05, 0) is 6.42 Å². The maximum absolute atomic E-state index is 7.96. The number of hydrogen-bond acceptors (Lipinski definition) is 2. The molecule has 0 saturated carbocycles. The van der Waals surface area contributed by atoms with Gasteiger partial charge in [-0.15, -0.1) is 0 Å². The molecule has 3 N–H and O–H groups in total. The summed E-state index contributed by atoms with van der Waals surface area (Å²) in [5.74, 6) is 0. The van der Waals surface area contributed by atoms with Crippen molar-refractivity contribution in [3.05, 3.63) is 6.54 Å². The van der Waals surface area contributed by atoms with Crippen molar-refractivity contribution in [1.29, 1.82) is 0 Å². The molecule has 0 fully saturated rings. The van der Waals surface area contributed by atoms with Crippen molar-refractivity contribution >= 4 is 0 Å². The lowest BCUT2D eigenvalue weighted by molar-refractivity contribution is 0.298. The van der Waals surface area contributed by atoms with Crippen LogP contribution in [0, 0.1) is 6.54 Å². The molecular weight excluding hydrogens is 66.0 g/mol. The van der Waals surface area contributed by atoms with Crippen LogP contribution in [-0.4, -0.2) is 11.7 Å². The van der Waals surface area contributed by atoms with E-state index in [0.717, 1.165) is 0 Å². The summed E-state index contributed by atoms with van der Waals surface area (Å²) in [5, 5.41) is 7.96. The summed E-state index contributed by atoms with van der Waals surface area (Å²) < 4.78 is 0. The highest BCUT2D eigenvalue weighted by Gasteiger charge is 1.69. The second-order valence-electron chi connectivity index (χ2n) is 0.748. The second-order valence-corrected chi connectivity index (χ2v) is 0.748. The Bertz CT molecular complexity index is 14.4. The van der Waals surface area contributed by atoms with Gasteiger partial charge in [-0.25, -0.2) is 0 Å². The van der Waals surface area contributed by atoms with Crippen molar-refractivity contribution < 1.29 is 5.11 Å². The summed E-state index contributed by atoms with van der Waals surface area (Å²) in [6, 6.07) is 0. The molecule has 0 aromatic heterocycles. The lowest BCUT2D eigenvalue weighted by atomic mass is 10.5. The van der Waals surface area contributed by atoms with Gasteiger partial charge in [0.15, 0.2) is 0 Å². The summed E-state index contributed by atoms with van der Waals surface area (Å²) in [6.45, 7) is 1.59. The van der Waals surface area contributed by atoms with Crippen LogP contribution in [0.1, 0.15) is 6.42 Å². The van der Waals surface area contributed by atoms with Crippen molar-refractivity contribution in [2.75, 3.05) is 6.61 Å². The Hall–Kier alpha value is -0.0800. The highest BCUT2D eigenvalue weighted by molar-refractivity contribution is 4.48. The summed E-state index contributed by atoms with van der Waals surface area (Å²) in [6.07, 6.45) is 0.597. The van der Waals surface area contributed by atoms with Gasteiger partial charge in [0.25, 0.3) is 0 Å². The molecule has 0 unspecified atom stereocenters. The van der Waals surface area contributed by atoms with E-state index in [4.69, 9.17) is 10.8 Å². The van der Waals surface area contributed by atoms with E-state index >= 15 is 0 Å². The first-order valence-electron chi connectivity index (χ1n) is 1.56. The predicted molar refractivity (Wildman–Crippen MR) is 20.2 cm³/mol. The van der Waals surface area contributed by atoms with Gasteiger partial charge in [0.05, 0.1) is 0 Å². The second kappa shape index (κ2) is 3.92. The molecule has 1 radical (unpaired) electrons. The number of rotatable bonds is 2. The summed E-state index contributed by atoms with van der Waals surface area (Å²) in [4.78, 5) is 0. The van der Waals surface area contributed by atoms with E-state index in [-0.39, 0.29) is 6.61 Å². The number of hydrogen-bond donors (Lipinski definition) is 2. The molecule has 0 amide bonds. The molecule has 0 aromatic carbocycles. The largest absolute Gasteiger partial charge is 0.396 e. The molecule has 0 aromatic rings. The Morgan fingerprint density at radius 2 is 2.40 bits per heavy atom. The highest BCUT2D eigenvalue weighted by atomic mass is 16.2. The number of aliphatic hydroxyl groups excluding tert-OH is 1. The summed E-state index contributed by atoms with van der Waals surface area (Å²) >= 11 is 0. The van der Waals surface area contributed by atoms with Gasteiger partial charge >= 0.3 is 0 Å². The Labute approximate surface area is 31.6 Å².